The summed E-state index contributed by atoms with van der Waals surface area (Å²) < 4.78 is 10.9. The van der Waals surface area contributed by atoms with Crippen LogP contribution in [0.4, 0.5) is 4.79 Å². The highest BCUT2D eigenvalue weighted by molar-refractivity contribution is 8.00. The van der Waals surface area contributed by atoms with E-state index in [0.29, 0.717) is 31.3 Å². The average molecular weight is 296 g/mol. The third-order valence-electron chi connectivity index (χ3n) is 2.47. The third-order valence-corrected chi connectivity index (χ3v) is 3.47. The molecule has 0 saturated carbocycles. The lowest BCUT2D eigenvalue weighted by Gasteiger charge is -2.18. The van der Waals surface area contributed by atoms with Crippen LogP contribution in [0.15, 0.2) is 23.1 Å². The number of ether oxygens (including phenoxy) is 2. The largest absolute Gasteiger partial charge is 0.486 e. The van der Waals surface area contributed by atoms with Gasteiger partial charge in [0.1, 0.15) is 13.2 Å². The maximum atomic E-state index is 11.5. The minimum absolute atomic E-state index is 0.163. The van der Waals surface area contributed by atoms with Gasteiger partial charge in [-0.05, 0) is 25.1 Å². The summed E-state index contributed by atoms with van der Waals surface area (Å²) in [6.45, 7) is 3.34. The molecule has 1 aliphatic heterocycles. The Kier molecular flexibility index (Phi) is 5.11. The lowest BCUT2D eigenvalue weighted by atomic mass is 10.3. The fraction of sp³-hybridized carbons (Fsp3) is 0.385. The zero-order valence-corrected chi connectivity index (χ0v) is 11.9. The van der Waals surface area contributed by atoms with Gasteiger partial charge in [-0.2, -0.15) is 0 Å². The van der Waals surface area contributed by atoms with Crippen LogP contribution in [0.1, 0.15) is 6.92 Å². The molecule has 0 atom stereocenters. The smallest absolute Gasteiger partial charge is 0.321 e. The second kappa shape index (κ2) is 7.04. The molecule has 20 heavy (non-hydrogen) atoms. The lowest BCUT2D eigenvalue weighted by molar-refractivity contribution is -0.117. The Labute approximate surface area is 121 Å². The number of carbonyl (C=O) groups is 2. The number of hydrogen-bond donors (Lipinski definition) is 2. The Morgan fingerprint density at radius 2 is 2.00 bits per heavy atom. The molecule has 0 spiro atoms. The average Bonchev–Trinajstić information content (AvgIpc) is 2.45. The van der Waals surface area contributed by atoms with Crippen molar-refractivity contribution >= 4 is 23.7 Å². The molecule has 1 aliphatic rings. The van der Waals surface area contributed by atoms with Crippen molar-refractivity contribution in [2.75, 3.05) is 25.5 Å². The van der Waals surface area contributed by atoms with Gasteiger partial charge in [-0.3, -0.25) is 10.1 Å². The van der Waals surface area contributed by atoms with E-state index in [1.165, 1.54) is 11.8 Å². The number of rotatable bonds is 4. The zero-order valence-electron chi connectivity index (χ0n) is 11.1. The van der Waals surface area contributed by atoms with E-state index in [4.69, 9.17) is 9.47 Å². The molecule has 0 aromatic heterocycles. The predicted molar refractivity (Wildman–Crippen MR) is 75.4 cm³/mol. The maximum absolute atomic E-state index is 11.5. The molecule has 1 aromatic carbocycles. The number of carbonyl (C=O) groups excluding carboxylic acids is 2. The summed E-state index contributed by atoms with van der Waals surface area (Å²) in [5.74, 6) is 1.23. The Balaban J connectivity index is 1.84. The first-order chi connectivity index (χ1) is 9.69. The van der Waals surface area contributed by atoms with Crippen molar-refractivity contribution in [3.63, 3.8) is 0 Å². The normalized spacial score (nSPS) is 12.7. The second-order valence-corrected chi connectivity index (χ2v) is 5.05. The molecule has 3 amide bonds. The Morgan fingerprint density at radius 1 is 1.25 bits per heavy atom. The third kappa shape index (κ3) is 4.06. The number of urea groups is 1. The molecule has 6 nitrogen and oxygen atoms in total. The molecular weight excluding hydrogens is 280 g/mol. The molecular formula is C13H16N2O4S. The minimum Gasteiger partial charge on any atom is -0.486 e. The van der Waals surface area contributed by atoms with Crippen LogP contribution < -0.4 is 20.1 Å². The summed E-state index contributed by atoms with van der Waals surface area (Å²) in [4.78, 5) is 23.6. The van der Waals surface area contributed by atoms with Crippen molar-refractivity contribution in [3.8, 4) is 11.5 Å². The summed E-state index contributed by atoms with van der Waals surface area (Å²) in [5.41, 5.74) is 0. The van der Waals surface area contributed by atoms with Gasteiger partial charge in [0.05, 0.1) is 5.75 Å². The quantitative estimate of drug-likeness (QED) is 0.821. The summed E-state index contributed by atoms with van der Waals surface area (Å²) in [5, 5.41) is 4.75. The standard InChI is InChI=1S/C13H16N2O4S/c1-2-14-13(17)15-12(16)8-20-9-3-4-10-11(7-9)19-6-5-18-10/h3-4,7H,2,5-6,8H2,1H3,(H2,14,15,16,17). The van der Waals surface area contributed by atoms with Crippen LogP contribution in [0.25, 0.3) is 0 Å². The van der Waals surface area contributed by atoms with Gasteiger partial charge in [-0.25, -0.2) is 4.79 Å². The van der Waals surface area contributed by atoms with Gasteiger partial charge in [0.2, 0.25) is 5.91 Å². The molecule has 0 radical (unpaired) electrons. The van der Waals surface area contributed by atoms with Crippen molar-refractivity contribution in [2.45, 2.75) is 11.8 Å². The van der Waals surface area contributed by atoms with Gasteiger partial charge in [0.15, 0.2) is 11.5 Å². The first-order valence-electron chi connectivity index (χ1n) is 6.29. The zero-order chi connectivity index (χ0) is 14.4. The molecule has 2 rings (SSSR count). The number of nitrogens with one attached hydrogen (secondary N) is 2. The fourth-order valence-electron chi connectivity index (χ4n) is 1.63. The van der Waals surface area contributed by atoms with E-state index in [2.05, 4.69) is 10.6 Å². The van der Waals surface area contributed by atoms with Gasteiger partial charge in [0, 0.05) is 11.4 Å². The second-order valence-electron chi connectivity index (χ2n) is 4.00. The molecule has 7 heteroatoms. The Morgan fingerprint density at radius 3 is 2.75 bits per heavy atom. The SMILES string of the molecule is CCNC(=O)NC(=O)CSc1ccc2c(c1)OCCO2. The molecule has 0 aliphatic carbocycles. The summed E-state index contributed by atoms with van der Waals surface area (Å²) >= 11 is 1.33. The number of amides is 3. The minimum atomic E-state index is -0.472. The molecule has 1 aromatic rings. The van der Waals surface area contributed by atoms with Crippen molar-refractivity contribution in [2.24, 2.45) is 0 Å². The number of benzene rings is 1. The van der Waals surface area contributed by atoms with E-state index in [-0.39, 0.29) is 11.7 Å². The van der Waals surface area contributed by atoms with E-state index >= 15 is 0 Å². The van der Waals surface area contributed by atoms with Crippen LogP contribution in [-0.4, -0.2) is 37.4 Å². The Hall–Kier alpha value is -1.89. The molecule has 2 N–H and O–H groups in total. The number of thioether (sulfide) groups is 1. The number of hydrogen-bond acceptors (Lipinski definition) is 5. The van der Waals surface area contributed by atoms with Crippen molar-refractivity contribution < 1.29 is 19.1 Å². The van der Waals surface area contributed by atoms with Crippen molar-refractivity contribution in [1.82, 2.24) is 10.6 Å². The van der Waals surface area contributed by atoms with Crippen LogP contribution in [-0.2, 0) is 4.79 Å². The van der Waals surface area contributed by atoms with Gasteiger partial charge >= 0.3 is 6.03 Å². The van der Waals surface area contributed by atoms with Crippen molar-refractivity contribution in [3.05, 3.63) is 18.2 Å². The lowest BCUT2D eigenvalue weighted by Crippen LogP contribution is -2.40. The number of fused-ring (bicyclic) bond motifs is 1. The topological polar surface area (TPSA) is 76.7 Å². The van der Waals surface area contributed by atoms with Crippen LogP contribution in [0, 0.1) is 0 Å². The fourth-order valence-corrected chi connectivity index (χ4v) is 2.35. The van der Waals surface area contributed by atoms with Crippen LogP contribution in [0.5, 0.6) is 11.5 Å². The molecule has 108 valence electrons. The van der Waals surface area contributed by atoms with E-state index in [1.54, 1.807) is 6.92 Å². The van der Waals surface area contributed by atoms with Crippen molar-refractivity contribution in [1.29, 1.82) is 0 Å². The first kappa shape index (κ1) is 14.5. The highest BCUT2D eigenvalue weighted by Gasteiger charge is 2.13. The van der Waals surface area contributed by atoms with E-state index in [9.17, 15) is 9.59 Å². The van der Waals surface area contributed by atoms with Gasteiger partial charge in [-0.15, -0.1) is 11.8 Å². The van der Waals surface area contributed by atoms with E-state index in [1.807, 2.05) is 18.2 Å². The van der Waals surface area contributed by atoms with Gasteiger partial charge in [0.25, 0.3) is 0 Å². The molecule has 0 unspecified atom stereocenters. The van der Waals surface area contributed by atoms with Gasteiger partial charge in [-0.1, -0.05) is 0 Å². The monoisotopic (exact) mass is 296 g/mol. The predicted octanol–water partition coefficient (Wildman–Crippen LogP) is 1.40. The number of imide groups is 1. The molecule has 0 saturated heterocycles. The maximum Gasteiger partial charge on any atom is 0.321 e. The highest BCUT2D eigenvalue weighted by atomic mass is 32.2. The van der Waals surface area contributed by atoms with Crippen LogP contribution >= 0.6 is 11.8 Å². The summed E-state index contributed by atoms with van der Waals surface area (Å²) in [7, 11) is 0. The van der Waals surface area contributed by atoms with Crippen LogP contribution in [0.2, 0.25) is 0 Å². The van der Waals surface area contributed by atoms with E-state index < -0.39 is 6.03 Å². The molecule has 0 bridgehead atoms. The Bertz CT molecular complexity index is 507. The molecule has 1 heterocycles. The molecule has 0 fully saturated rings. The summed E-state index contributed by atoms with van der Waals surface area (Å²) in [6.07, 6.45) is 0. The van der Waals surface area contributed by atoms with Gasteiger partial charge < -0.3 is 14.8 Å². The van der Waals surface area contributed by atoms with Crippen LogP contribution in [0.3, 0.4) is 0 Å². The highest BCUT2D eigenvalue weighted by Crippen LogP contribution is 2.33. The van der Waals surface area contributed by atoms with E-state index in [0.717, 1.165) is 4.90 Å². The summed E-state index contributed by atoms with van der Waals surface area (Å²) in [6, 6.07) is 5.04. The first-order valence-corrected chi connectivity index (χ1v) is 7.27.